The lowest BCUT2D eigenvalue weighted by molar-refractivity contribution is -0.132. The minimum atomic E-state index is -0.523. The van der Waals surface area contributed by atoms with E-state index in [1.807, 2.05) is 0 Å². The highest BCUT2D eigenvalue weighted by atomic mass is 16.5. The number of amides is 2. The van der Waals surface area contributed by atoms with Crippen molar-refractivity contribution in [2.75, 3.05) is 4.90 Å². The summed E-state index contributed by atoms with van der Waals surface area (Å²) in [6.07, 6.45) is 0.873. The van der Waals surface area contributed by atoms with Gasteiger partial charge in [0.05, 0.1) is 23.6 Å². The van der Waals surface area contributed by atoms with E-state index in [1.165, 1.54) is 13.0 Å². The second-order valence-corrected chi connectivity index (χ2v) is 5.78. The molecule has 1 aliphatic carbocycles. The highest BCUT2D eigenvalue weighted by Crippen LogP contribution is 2.40. The Morgan fingerprint density at radius 1 is 1.23 bits per heavy atom. The summed E-state index contributed by atoms with van der Waals surface area (Å²) in [6, 6.07) is 6.36. The Bertz CT molecular complexity index is 641. The summed E-state index contributed by atoms with van der Waals surface area (Å²) < 4.78 is 4.99. The van der Waals surface area contributed by atoms with Crippen LogP contribution in [0.4, 0.5) is 5.69 Å². The summed E-state index contributed by atoms with van der Waals surface area (Å²) in [7, 11) is 0. The minimum Gasteiger partial charge on any atom is -0.427 e. The normalized spacial score (nSPS) is 27.7. The van der Waals surface area contributed by atoms with Crippen molar-refractivity contribution >= 4 is 23.5 Å². The molecule has 1 heterocycles. The van der Waals surface area contributed by atoms with Crippen LogP contribution in [-0.2, 0) is 14.4 Å². The third kappa shape index (κ3) is 2.50. The first-order chi connectivity index (χ1) is 10.5. The van der Waals surface area contributed by atoms with Crippen LogP contribution >= 0.6 is 0 Å². The van der Waals surface area contributed by atoms with Gasteiger partial charge in [-0.25, -0.2) is 4.90 Å². The molecule has 0 radical (unpaired) electrons. The van der Waals surface area contributed by atoms with Gasteiger partial charge in [-0.15, -0.1) is 0 Å². The van der Waals surface area contributed by atoms with Gasteiger partial charge in [0.25, 0.3) is 0 Å². The third-order valence-electron chi connectivity index (χ3n) is 4.24. The Kier molecular flexibility index (Phi) is 3.70. The molecule has 2 aliphatic rings. The van der Waals surface area contributed by atoms with Crippen LogP contribution < -0.4 is 9.64 Å². The van der Waals surface area contributed by atoms with E-state index in [4.69, 9.17) is 4.74 Å². The molecule has 1 aromatic rings. The molecule has 3 atom stereocenters. The van der Waals surface area contributed by atoms with Crippen molar-refractivity contribution < 1.29 is 24.2 Å². The average molecular weight is 303 g/mol. The Hall–Kier alpha value is -2.21. The van der Waals surface area contributed by atoms with Gasteiger partial charge in [0.15, 0.2) is 0 Å². The number of anilines is 1. The lowest BCUT2D eigenvalue weighted by atomic mass is 9.80. The summed E-state index contributed by atoms with van der Waals surface area (Å²) in [4.78, 5) is 37.2. The molecule has 2 amide bonds. The Morgan fingerprint density at radius 2 is 1.95 bits per heavy atom. The molecule has 116 valence electrons. The van der Waals surface area contributed by atoms with Crippen molar-refractivity contribution in [2.24, 2.45) is 11.8 Å². The van der Waals surface area contributed by atoms with E-state index in [-0.39, 0.29) is 17.7 Å². The zero-order valence-corrected chi connectivity index (χ0v) is 12.2. The van der Waals surface area contributed by atoms with Crippen molar-refractivity contribution in [1.29, 1.82) is 0 Å². The maximum absolute atomic E-state index is 12.5. The summed E-state index contributed by atoms with van der Waals surface area (Å²) >= 11 is 0. The first-order valence-corrected chi connectivity index (χ1v) is 7.31. The molecule has 22 heavy (non-hydrogen) atoms. The predicted molar refractivity (Wildman–Crippen MR) is 77.1 cm³/mol. The van der Waals surface area contributed by atoms with Gasteiger partial charge in [0.2, 0.25) is 11.8 Å². The molecular weight excluding hydrogens is 286 g/mol. The molecule has 0 aromatic heterocycles. The van der Waals surface area contributed by atoms with Gasteiger partial charge in [-0.3, -0.25) is 14.4 Å². The molecule has 1 aromatic carbocycles. The summed E-state index contributed by atoms with van der Waals surface area (Å²) in [5.74, 6) is -1.49. The number of nitrogens with zero attached hydrogens (tertiary/aromatic N) is 1. The number of rotatable bonds is 2. The summed E-state index contributed by atoms with van der Waals surface area (Å²) in [5, 5.41) is 9.72. The fourth-order valence-corrected chi connectivity index (χ4v) is 3.26. The number of imide groups is 1. The number of fused-ring (bicyclic) bond motifs is 1. The van der Waals surface area contributed by atoms with Gasteiger partial charge < -0.3 is 9.84 Å². The molecule has 2 fully saturated rings. The van der Waals surface area contributed by atoms with Gasteiger partial charge in [-0.2, -0.15) is 0 Å². The van der Waals surface area contributed by atoms with E-state index in [9.17, 15) is 19.5 Å². The Labute approximate surface area is 127 Å². The molecule has 1 N–H and O–H groups in total. The average Bonchev–Trinajstić information content (AvgIpc) is 2.70. The smallest absolute Gasteiger partial charge is 0.308 e. The van der Waals surface area contributed by atoms with Crippen LogP contribution in [-0.4, -0.2) is 29.0 Å². The van der Waals surface area contributed by atoms with Crippen molar-refractivity contribution in [3.05, 3.63) is 24.3 Å². The SMILES string of the molecule is CC(=O)Oc1cccc(N2C(=O)C3CCC(O)CC3C2=O)c1. The zero-order valence-electron chi connectivity index (χ0n) is 12.2. The molecule has 0 spiro atoms. The van der Waals surface area contributed by atoms with Crippen molar-refractivity contribution in [3.63, 3.8) is 0 Å². The van der Waals surface area contributed by atoms with E-state index in [2.05, 4.69) is 0 Å². The lowest BCUT2D eigenvalue weighted by Gasteiger charge is -2.24. The second-order valence-electron chi connectivity index (χ2n) is 5.78. The molecule has 1 saturated carbocycles. The number of esters is 1. The highest BCUT2D eigenvalue weighted by Gasteiger charge is 2.50. The molecule has 6 heteroatoms. The van der Waals surface area contributed by atoms with Gasteiger partial charge in [-0.05, 0) is 31.4 Å². The molecule has 1 saturated heterocycles. The van der Waals surface area contributed by atoms with E-state index < -0.39 is 18.0 Å². The van der Waals surface area contributed by atoms with Crippen LogP contribution in [0.25, 0.3) is 0 Å². The van der Waals surface area contributed by atoms with Crippen LogP contribution in [0.5, 0.6) is 5.75 Å². The fourth-order valence-electron chi connectivity index (χ4n) is 3.26. The second kappa shape index (κ2) is 5.53. The first kappa shape index (κ1) is 14.7. The lowest BCUT2D eigenvalue weighted by Crippen LogP contribution is -2.31. The highest BCUT2D eigenvalue weighted by molar-refractivity contribution is 6.22. The van der Waals surface area contributed by atoms with Crippen molar-refractivity contribution in [2.45, 2.75) is 32.3 Å². The van der Waals surface area contributed by atoms with Crippen molar-refractivity contribution in [1.82, 2.24) is 0 Å². The number of ether oxygens (including phenoxy) is 1. The van der Waals surface area contributed by atoms with Gasteiger partial charge >= 0.3 is 5.97 Å². The van der Waals surface area contributed by atoms with Crippen LogP contribution in [0.2, 0.25) is 0 Å². The standard InChI is InChI=1S/C16H17NO5/c1-9(18)22-12-4-2-3-10(7-12)17-15(20)13-6-5-11(19)8-14(13)16(17)21/h2-4,7,11,13-14,19H,5-6,8H2,1H3. The largest absolute Gasteiger partial charge is 0.427 e. The number of aliphatic hydroxyl groups excluding tert-OH is 1. The summed E-state index contributed by atoms with van der Waals surface area (Å²) in [5.41, 5.74) is 0.401. The molecule has 3 rings (SSSR count). The molecule has 6 nitrogen and oxygen atoms in total. The minimum absolute atomic E-state index is 0.234. The zero-order chi connectivity index (χ0) is 15.9. The van der Waals surface area contributed by atoms with Crippen LogP contribution in [0.1, 0.15) is 26.2 Å². The van der Waals surface area contributed by atoms with Crippen LogP contribution in [0, 0.1) is 11.8 Å². The van der Waals surface area contributed by atoms with E-state index in [1.54, 1.807) is 18.2 Å². The number of carbonyl (C=O) groups is 3. The number of benzene rings is 1. The number of hydrogen-bond donors (Lipinski definition) is 1. The van der Waals surface area contributed by atoms with Gasteiger partial charge in [0, 0.05) is 13.0 Å². The van der Waals surface area contributed by atoms with E-state index >= 15 is 0 Å². The maximum Gasteiger partial charge on any atom is 0.308 e. The third-order valence-corrected chi connectivity index (χ3v) is 4.24. The molecule has 0 bridgehead atoms. The van der Waals surface area contributed by atoms with Gasteiger partial charge in [-0.1, -0.05) is 6.07 Å². The monoisotopic (exact) mass is 303 g/mol. The fraction of sp³-hybridized carbons (Fsp3) is 0.438. The molecule has 1 aliphatic heterocycles. The number of aliphatic hydroxyl groups is 1. The van der Waals surface area contributed by atoms with Crippen LogP contribution in [0.15, 0.2) is 24.3 Å². The maximum atomic E-state index is 12.5. The quantitative estimate of drug-likeness (QED) is 0.505. The first-order valence-electron chi connectivity index (χ1n) is 7.31. The number of carbonyl (C=O) groups excluding carboxylic acids is 3. The Morgan fingerprint density at radius 3 is 2.68 bits per heavy atom. The van der Waals surface area contributed by atoms with Crippen molar-refractivity contribution in [3.8, 4) is 5.75 Å². The predicted octanol–water partition coefficient (Wildman–Crippen LogP) is 1.26. The van der Waals surface area contributed by atoms with Gasteiger partial charge in [0.1, 0.15) is 5.75 Å². The summed E-state index contributed by atoms with van der Waals surface area (Å²) in [6.45, 7) is 1.29. The van der Waals surface area contributed by atoms with E-state index in [0.717, 1.165) is 4.90 Å². The molecular formula is C16H17NO5. The Balaban J connectivity index is 1.90. The topological polar surface area (TPSA) is 83.9 Å². The van der Waals surface area contributed by atoms with Crippen LogP contribution in [0.3, 0.4) is 0 Å². The van der Waals surface area contributed by atoms with E-state index in [0.29, 0.717) is 30.7 Å². The molecule has 3 unspecified atom stereocenters. The number of hydrogen-bond acceptors (Lipinski definition) is 5.